The zero-order valence-corrected chi connectivity index (χ0v) is 12.4. The zero-order chi connectivity index (χ0) is 16.2. The van der Waals surface area contributed by atoms with Crippen molar-refractivity contribution < 1.29 is 23.1 Å². The van der Waals surface area contributed by atoms with Gasteiger partial charge >= 0.3 is 12.0 Å². The molecule has 0 saturated heterocycles. The zero-order valence-electron chi connectivity index (χ0n) is 11.6. The lowest BCUT2D eigenvalue weighted by Gasteiger charge is -2.25. The van der Waals surface area contributed by atoms with Crippen molar-refractivity contribution in [3.63, 3.8) is 0 Å². The normalized spacial score (nSPS) is 11.2. The highest BCUT2D eigenvalue weighted by atomic mass is 32.2. The second-order valence-corrected chi connectivity index (χ2v) is 6.18. The van der Waals surface area contributed by atoms with Crippen LogP contribution in [-0.4, -0.2) is 43.0 Å². The van der Waals surface area contributed by atoms with Gasteiger partial charge in [-0.05, 0) is 38.1 Å². The van der Waals surface area contributed by atoms with E-state index in [1.165, 1.54) is 24.3 Å². The fourth-order valence-corrected chi connectivity index (χ4v) is 2.07. The lowest BCUT2D eigenvalue weighted by Crippen LogP contribution is -2.43. The summed E-state index contributed by atoms with van der Waals surface area (Å²) in [6.45, 7) is 2.94. The van der Waals surface area contributed by atoms with Gasteiger partial charge in [-0.25, -0.2) is 18.4 Å². The molecule has 1 rings (SSSR count). The Morgan fingerprint density at radius 3 is 2.19 bits per heavy atom. The van der Waals surface area contributed by atoms with Gasteiger partial charge in [-0.2, -0.15) is 0 Å². The molecule has 4 N–H and O–H groups in total. The molecule has 0 heterocycles. The van der Waals surface area contributed by atoms with Gasteiger partial charge in [0.25, 0.3) is 0 Å². The third-order valence-corrected chi connectivity index (χ3v) is 3.55. The van der Waals surface area contributed by atoms with Crippen LogP contribution in [-0.2, 0) is 14.8 Å². The number of primary sulfonamides is 1. The van der Waals surface area contributed by atoms with Gasteiger partial charge in [0.15, 0.2) is 0 Å². The summed E-state index contributed by atoms with van der Waals surface area (Å²) < 4.78 is 22.2. The second kappa shape index (κ2) is 6.55. The molecule has 9 heteroatoms. The summed E-state index contributed by atoms with van der Waals surface area (Å²) in [7, 11) is -3.79. The van der Waals surface area contributed by atoms with Crippen LogP contribution in [0.3, 0.4) is 0 Å². The third-order valence-electron chi connectivity index (χ3n) is 2.62. The molecule has 0 saturated carbocycles. The molecule has 1 aromatic rings. The van der Waals surface area contributed by atoms with Crippen LogP contribution in [0, 0.1) is 0 Å². The van der Waals surface area contributed by atoms with Crippen molar-refractivity contribution in [1.82, 2.24) is 4.90 Å². The number of anilines is 1. The second-order valence-electron chi connectivity index (χ2n) is 4.61. The van der Waals surface area contributed by atoms with E-state index >= 15 is 0 Å². The molecule has 1 aromatic carbocycles. The van der Waals surface area contributed by atoms with E-state index in [9.17, 15) is 18.0 Å². The number of hydrogen-bond acceptors (Lipinski definition) is 4. The molecule has 0 aromatic heterocycles. The summed E-state index contributed by atoms with van der Waals surface area (Å²) >= 11 is 0. The Kier molecular flexibility index (Phi) is 5.28. The van der Waals surface area contributed by atoms with Crippen LogP contribution < -0.4 is 10.5 Å². The Labute approximate surface area is 122 Å². The number of nitrogens with one attached hydrogen (secondary N) is 1. The minimum Gasteiger partial charge on any atom is -0.480 e. The number of rotatable bonds is 5. The first kappa shape index (κ1) is 16.9. The third kappa shape index (κ3) is 5.04. The molecule has 0 aliphatic rings. The average molecular weight is 315 g/mol. The van der Waals surface area contributed by atoms with E-state index in [1.54, 1.807) is 13.8 Å². The maximum atomic E-state index is 12.0. The number of carbonyl (C=O) groups is 2. The smallest absolute Gasteiger partial charge is 0.323 e. The Balaban J connectivity index is 2.84. The molecule has 0 atom stereocenters. The highest BCUT2D eigenvalue weighted by Crippen LogP contribution is 2.13. The van der Waals surface area contributed by atoms with Gasteiger partial charge in [0.05, 0.1) is 4.90 Å². The fourth-order valence-electron chi connectivity index (χ4n) is 1.56. The van der Waals surface area contributed by atoms with E-state index < -0.39 is 28.6 Å². The number of nitrogens with two attached hydrogens (primary N) is 1. The minimum absolute atomic E-state index is 0.0771. The van der Waals surface area contributed by atoms with Gasteiger partial charge in [-0.3, -0.25) is 4.79 Å². The predicted octanol–water partition coefficient (Wildman–Crippen LogP) is 0.661. The molecule has 0 unspecified atom stereocenters. The topological polar surface area (TPSA) is 130 Å². The van der Waals surface area contributed by atoms with Crippen molar-refractivity contribution in [2.45, 2.75) is 24.8 Å². The molecule has 116 valence electrons. The van der Waals surface area contributed by atoms with Gasteiger partial charge in [-0.15, -0.1) is 0 Å². The number of hydrogen-bond donors (Lipinski definition) is 3. The number of carbonyl (C=O) groups excluding carboxylic acids is 1. The van der Waals surface area contributed by atoms with Crippen LogP contribution in [0.4, 0.5) is 10.5 Å². The highest BCUT2D eigenvalue weighted by Gasteiger charge is 2.20. The molecular weight excluding hydrogens is 298 g/mol. The van der Waals surface area contributed by atoms with Crippen LogP contribution in [0.1, 0.15) is 13.8 Å². The Bertz CT molecular complexity index is 625. The van der Waals surface area contributed by atoms with Crippen molar-refractivity contribution >= 4 is 27.7 Å². The summed E-state index contributed by atoms with van der Waals surface area (Å²) in [6, 6.07) is 4.36. The highest BCUT2D eigenvalue weighted by molar-refractivity contribution is 7.89. The number of aliphatic carboxylic acids is 1. The summed E-state index contributed by atoms with van der Waals surface area (Å²) in [5.74, 6) is -1.12. The summed E-state index contributed by atoms with van der Waals surface area (Å²) in [5.41, 5.74) is 0.337. The van der Waals surface area contributed by atoms with Gasteiger partial charge in [-0.1, -0.05) is 0 Å². The molecular formula is C12H17N3O5S. The van der Waals surface area contributed by atoms with E-state index in [4.69, 9.17) is 10.2 Å². The van der Waals surface area contributed by atoms with Crippen LogP contribution in [0.15, 0.2) is 29.2 Å². The largest absolute Gasteiger partial charge is 0.480 e. The monoisotopic (exact) mass is 315 g/mol. The van der Waals surface area contributed by atoms with Crippen molar-refractivity contribution in [3.05, 3.63) is 24.3 Å². The standard InChI is InChI=1S/C12H17N3O5S/c1-8(2)15(7-11(16)17)12(18)14-9-3-5-10(6-4-9)21(13,19)20/h3-6,8H,7H2,1-2H3,(H,14,18)(H,16,17)(H2,13,19,20). The Morgan fingerprint density at radius 2 is 1.81 bits per heavy atom. The average Bonchev–Trinajstić information content (AvgIpc) is 2.34. The number of sulfonamides is 1. The number of carboxylic acid groups (broad SMARTS) is 1. The molecule has 0 aliphatic heterocycles. The summed E-state index contributed by atoms with van der Waals surface area (Å²) in [6.07, 6.45) is 0. The maximum absolute atomic E-state index is 12.0. The molecule has 8 nitrogen and oxygen atoms in total. The predicted molar refractivity (Wildman–Crippen MR) is 76.3 cm³/mol. The van der Waals surface area contributed by atoms with E-state index in [0.29, 0.717) is 5.69 Å². The first-order chi connectivity index (χ1) is 9.61. The molecule has 0 aliphatic carbocycles. The number of carboxylic acids is 1. The molecule has 0 spiro atoms. The van der Waals surface area contributed by atoms with E-state index in [-0.39, 0.29) is 10.9 Å². The van der Waals surface area contributed by atoms with Gasteiger partial charge < -0.3 is 15.3 Å². The minimum atomic E-state index is -3.79. The molecule has 0 radical (unpaired) electrons. The van der Waals surface area contributed by atoms with E-state index in [0.717, 1.165) is 4.90 Å². The first-order valence-electron chi connectivity index (χ1n) is 6.03. The lowest BCUT2D eigenvalue weighted by molar-refractivity contribution is -0.137. The lowest BCUT2D eigenvalue weighted by atomic mass is 10.3. The Hall–Kier alpha value is -2.13. The van der Waals surface area contributed by atoms with Crippen LogP contribution >= 0.6 is 0 Å². The number of urea groups is 1. The maximum Gasteiger partial charge on any atom is 0.323 e. The van der Waals surface area contributed by atoms with Crippen LogP contribution in [0.5, 0.6) is 0 Å². The molecule has 0 fully saturated rings. The van der Waals surface area contributed by atoms with E-state index in [2.05, 4.69) is 5.32 Å². The van der Waals surface area contributed by atoms with Crippen LogP contribution in [0.25, 0.3) is 0 Å². The van der Waals surface area contributed by atoms with Crippen molar-refractivity contribution in [2.24, 2.45) is 5.14 Å². The number of benzene rings is 1. The summed E-state index contributed by atoms with van der Waals surface area (Å²) in [4.78, 5) is 23.8. The first-order valence-corrected chi connectivity index (χ1v) is 7.58. The van der Waals surface area contributed by atoms with Crippen LogP contribution in [0.2, 0.25) is 0 Å². The van der Waals surface area contributed by atoms with E-state index in [1.807, 2.05) is 0 Å². The van der Waals surface area contributed by atoms with Gasteiger partial charge in [0.1, 0.15) is 6.54 Å². The molecule has 2 amide bonds. The van der Waals surface area contributed by atoms with Crippen molar-refractivity contribution in [3.8, 4) is 0 Å². The quantitative estimate of drug-likeness (QED) is 0.735. The fraction of sp³-hybridized carbons (Fsp3) is 0.333. The molecule has 21 heavy (non-hydrogen) atoms. The Morgan fingerprint density at radius 1 is 1.29 bits per heavy atom. The number of amides is 2. The SMILES string of the molecule is CC(C)N(CC(=O)O)C(=O)Nc1ccc(S(N)(=O)=O)cc1. The number of nitrogens with zero attached hydrogens (tertiary/aromatic N) is 1. The summed E-state index contributed by atoms with van der Waals surface area (Å²) in [5, 5.41) is 16.2. The van der Waals surface area contributed by atoms with Gasteiger partial charge in [0, 0.05) is 11.7 Å². The molecule has 0 bridgehead atoms. The van der Waals surface area contributed by atoms with Crippen molar-refractivity contribution in [2.75, 3.05) is 11.9 Å². The van der Waals surface area contributed by atoms with Gasteiger partial charge in [0.2, 0.25) is 10.0 Å². The van der Waals surface area contributed by atoms with Crippen molar-refractivity contribution in [1.29, 1.82) is 0 Å².